The molecule has 0 saturated heterocycles. The largest absolute Gasteiger partial charge is 0.478 e. The molecule has 0 atom stereocenters. The Bertz CT molecular complexity index is 928. The predicted molar refractivity (Wildman–Crippen MR) is 93.2 cm³/mol. The molecule has 0 fully saturated rings. The van der Waals surface area contributed by atoms with E-state index in [-0.39, 0.29) is 5.56 Å². The van der Waals surface area contributed by atoms with Gasteiger partial charge in [-0.15, -0.1) is 0 Å². The third kappa shape index (κ3) is 3.03. The van der Waals surface area contributed by atoms with Crippen molar-refractivity contribution < 1.29 is 9.90 Å². The molecule has 0 saturated carbocycles. The van der Waals surface area contributed by atoms with Gasteiger partial charge in [-0.3, -0.25) is 0 Å². The van der Waals surface area contributed by atoms with E-state index in [4.69, 9.17) is 5.73 Å². The van der Waals surface area contributed by atoms with Crippen LogP contribution in [0.5, 0.6) is 0 Å². The first-order valence-corrected chi connectivity index (χ1v) is 7.34. The van der Waals surface area contributed by atoms with Crippen molar-refractivity contribution in [2.24, 2.45) is 5.10 Å². The standard InChI is InChI=1S/C18H16N4O2/c1-12-11-22(18(19)21-12)20-10-13-6-2-3-7-14(13)15-8-4-5-9-16(15)17(23)24/h2-11H,1H3,(H2,19,21)(H,23,24). The fraction of sp³-hybridized carbons (Fsp3) is 0.0556. The first-order valence-electron chi connectivity index (χ1n) is 7.34. The summed E-state index contributed by atoms with van der Waals surface area (Å²) in [5, 5.41) is 13.7. The zero-order valence-corrected chi connectivity index (χ0v) is 13.0. The van der Waals surface area contributed by atoms with Crippen LogP contribution in [0.15, 0.2) is 59.8 Å². The molecule has 0 bridgehead atoms. The number of nitrogens with zero attached hydrogens (tertiary/aromatic N) is 3. The second-order valence-corrected chi connectivity index (χ2v) is 5.27. The van der Waals surface area contributed by atoms with Crippen LogP contribution in [0.3, 0.4) is 0 Å². The molecule has 0 unspecified atom stereocenters. The van der Waals surface area contributed by atoms with E-state index in [0.717, 1.165) is 16.8 Å². The quantitative estimate of drug-likeness (QED) is 0.723. The first kappa shape index (κ1) is 15.5. The maximum Gasteiger partial charge on any atom is 0.336 e. The van der Waals surface area contributed by atoms with Gasteiger partial charge in [-0.2, -0.15) is 5.10 Å². The highest BCUT2D eigenvalue weighted by Crippen LogP contribution is 2.26. The molecule has 2 aromatic carbocycles. The fourth-order valence-corrected chi connectivity index (χ4v) is 2.48. The fourth-order valence-electron chi connectivity index (χ4n) is 2.48. The van der Waals surface area contributed by atoms with Crippen LogP contribution in [0.4, 0.5) is 5.95 Å². The number of nitrogens with two attached hydrogens (primary N) is 1. The van der Waals surface area contributed by atoms with Gasteiger partial charge in [0.25, 0.3) is 0 Å². The number of hydrogen-bond donors (Lipinski definition) is 2. The molecule has 1 aromatic heterocycles. The Morgan fingerprint density at radius 3 is 2.50 bits per heavy atom. The van der Waals surface area contributed by atoms with Gasteiger partial charge in [0.05, 0.1) is 23.7 Å². The van der Waals surface area contributed by atoms with Crippen LogP contribution in [0.1, 0.15) is 21.6 Å². The number of carbonyl (C=O) groups is 1. The van der Waals surface area contributed by atoms with Gasteiger partial charge in [0.15, 0.2) is 0 Å². The molecule has 24 heavy (non-hydrogen) atoms. The number of carboxylic acid groups (broad SMARTS) is 1. The van der Waals surface area contributed by atoms with E-state index in [9.17, 15) is 9.90 Å². The van der Waals surface area contributed by atoms with Crippen LogP contribution in [0.2, 0.25) is 0 Å². The zero-order valence-electron chi connectivity index (χ0n) is 13.0. The molecule has 0 aliphatic heterocycles. The highest BCUT2D eigenvalue weighted by Gasteiger charge is 2.12. The van der Waals surface area contributed by atoms with Gasteiger partial charge in [0.1, 0.15) is 0 Å². The van der Waals surface area contributed by atoms with Crippen molar-refractivity contribution in [2.75, 3.05) is 5.73 Å². The number of benzene rings is 2. The summed E-state index contributed by atoms with van der Waals surface area (Å²) in [4.78, 5) is 15.6. The second kappa shape index (κ2) is 6.37. The smallest absolute Gasteiger partial charge is 0.336 e. The van der Waals surface area contributed by atoms with E-state index >= 15 is 0 Å². The highest BCUT2D eigenvalue weighted by atomic mass is 16.4. The molecule has 0 aliphatic carbocycles. The summed E-state index contributed by atoms with van der Waals surface area (Å²) in [5.74, 6) is -0.668. The van der Waals surface area contributed by atoms with E-state index in [1.807, 2.05) is 37.3 Å². The lowest BCUT2D eigenvalue weighted by atomic mass is 9.96. The lowest BCUT2D eigenvalue weighted by molar-refractivity contribution is 0.0697. The molecule has 3 aromatic rings. The molecule has 120 valence electrons. The summed E-state index contributed by atoms with van der Waals surface area (Å²) in [7, 11) is 0. The predicted octanol–water partition coefficient (Wildman–Crippen LogP) is 3.02. The first-order chi connectivity index (χ1) is 11.6. The monoisotopic (exact) mass is 320 g/mol. The molecule has 6 nitrogen and oxygen atoms in total. The summed E-state index contributed by atoms with van der Waals surface area (Å²) < 4.78 is 1.48. The van der Waals surface area contributed by atoms with Crippen LogP contribution < -0.4 is 5.73 Å². The van der Waals surface area contributed by atoms with Crippen LogP contribution in [0, 0.1) is 6.92 Å². The summed E-state index contributed by atoms with van der Waals surface area (Å²) in [6.07, 6.45) is 3.37. The minimum absolute atomic E-state index is 0.247. The summed E-state index contributed by atoms with van der Waals surface area (Å²) in [6.45, 7) is 1.83. The summed E-state index contributed by atoms with van der Waals surface area (Å²) in [5.41, 5.74) is 9.01. The van der Waals surface area contributed by atoms with Crippen LogP contribution in [0.25, 0.3) is 11.1 Å². The van der Waals surface area contributed by atoms with Crippen molar-refractivity contribution in [1.29, 1.82) is 0 Å². The van der Waals surface area contributed by atoms with Gasteiger partial charge in [0, 0.05) is 5.56 Å². The van der Waals surface area contributed by atoms with Gasteiger partial charge in [-0.05, 0) is 24.1 Å². The van der Waals surface area contributed by atoms with Crippen molar-refractivity contribution in [1.82, 2.24) is 9.66 Å². The van der Waals surface area contributed by atoms with Gasteiger partial charge >= 0.3 is 5.97 Å². The molecule has 0 aliphatic rings. The van der Waals surface area contributed by atoms with Gasteiger partial charge in [-0.1, -0.05) is 42.5 Å². The molecule has 0 spiro atoms. The number of imidazole rings is 1. The summed E-state index contributed by atoms with van der Waals surface area (Å²) in [6, 6.07) is 14.4. The SMILES string of the molecule is Cc1cn(N=Cc2ccccc2-c2ccccc2C(=O)O)c(N)n1. The van der Waals surface area contributed by atoms with Crippen molar-refractivity contribution in [2.45, 2.75) is 6.92 Å². The molecule has 6 heteroatoms. The Morgan fingerprint density at radius 2 is 1.83 bits per heavy atom. The van der Waals surface area contributed by atoms with E-state index < -0.39 is 5.97 Å². The minimum Gasteiger partial charge on any atom is -0.478 e. The van der Waals surface area contributed by atoms with Gasteiger partial charge in [0.2, 0.25) is 5.95 Å². The Labute approximate surface area is 138 Å². The average Bonchev–Trinajstić information content (AvgIpc) is 2.90. The van der Waals surface area contributed by atoms with E-state index in [2.05, 4.69) is 10.1 Å². The Morgan fingerprint density at radius 1 is 1.17 bits per heavy atom. The number of aromatic nitrogens is 2. The Hall–Kier alpha value is -3.41. The van der Waals surface area contributed by atoms with Crippen molar-refractivity contribution in [3.8, 4) is 11.1 Å². The lowest BCUT2D eigenvalue weighted by Crippen LogP contribution is -2.01. The van der Waals surface area contributed by atoms with E-state index in [1.54, 1.807) is 30.6 Å². The minimum atomic E-state index is -0.966. The normalized spacial score (nSPS) is 11.0. The second-order valence-electron chi connectivity index (χ2n) is 5.27. The maximum absolute atomic E-state index is 11.5. The van der Waals surface area contributed by atoms with E-state index in [0.29, 0.717) is 11.5 Å². The average molecular weight is 320 g/mol. The number of anilines is 1. The highest BCUT2D eigenvalue weighted by molar-refractivity contribution is 5.99. The van der Waals surface area contributed by atoms with Crippen molar-refractivity contribution in [3.63, 3.8) is 0 Å². The number of aromatic carboxylic acids is 1. The van der Waals surface area contributed by atoms with Crippen LogP contribution >= 0.6 is 0 Å². The molecular weight excluding hydrogens is 304 g/mol. The van der Waals surface area contributed by atoms with Crippen molar-refractivity contribution in [3.05, 3.63) is 71.5 Å². The zero-order chi connectivity index (χ0) is 17.1. The van der Waals surface area contributed by atoms with Crippen LogP contribution in [-0.4, -0.2) is 27.0 Å². The van der Waals surface area contributed by atoms with Gasteiger partial charge in [-0.25, -0.2) is 14.5 Å². The molecule has 0 radical (unpaired) electrons. The molecule has 3 rings (SSSR count). The third-order valence-electron chi connectivity index (χ3n) is 3.56. The Balaban J connectivity index is 2.06. The maximum atomic E-state index is 11.5. The number of carboxylic acids is 1. The van der Waals surface area contributed by atoms with Crippen LogP contribution in [-0.2, 0) is 0 Å². The van der Waals surface area contributed by atoms with Gasteiger partial charge < -0.3 is 10.8 Å². The number of nitrogen functional groups attached to an aromatic ring is 1. The number of hydrogen-bond acceptors (Lipinski definition) is 4. The number of rotatable bonds is 4. The molecular formula is C18H16N4O2. The van der Waals surface area contributed by atoms with E-state index in [1.165, 1.54) is 4.68 Å². The lowest BCUT2D eigenvalue weighted by Gasteiger charge is -2.09. The summed E-state index contributed by atoms with van der Waals surface area (Å²) >= 11 is 0. The molecule has 1 heterocycles. The number of aryl methyl sites for hydroxylation is 1. The topological polar surface area (TPSA) is 93.5 Å². The third-order valence-corrected chi connectivity index (χ3v) is 3.56. The molecule has 0 amide bonds. The molecule has 3 N–H and O–H groups in total. The Kier molecular flexibility index (Phi) is 4.11. The van der Waals surface area contributed by atoms with Crippen molar-refractivity contribution >= 4 is 18.1 Å².